The van der Waals surface area contributed by atoms with E-state index in [0.717, 1.165) is 5.92 Å². The Hall–Kier alpha value is 0. The monoisotopic (exact) mass is 240 g/mol. The summed E-state index contributed by atoms with van der Waals surface area (Å²) < 4.78 is 0. The third kappa shape index (κ3) is 0.735. The van der Waals surface area contributed by atoms with Crippen molar-refractivity contribution in [1.29, 1.82) is 0 Å². The van der Waals surface area contributed by atoms with Gasteiger partial charge in [-0.05, 0) is 103 Å². The molecule has 0 N–H and O–H groups in total. The van der Waals surface area contributed by atoms with E-state index in [1.54, 1.807) is 25.7 Å². The summed E-state index contributed by atoms with van der Waals surface area (Å²) in [7, 11) is 0. The molecule has 7 fully saturated rings. The summed E-state index contributed by atoms with van der Waals surface area (Å²) in [6, 6.07) is 0. The van der Waals surface area contributed by atoms with Gasteiger partial charge in [0.05, 0.1) is 0 Å². The van der Waals surface area contributed by atoms with Crippen molar-refractivity contribution in [2.75, 3.05) is 0 Å². The molecule has 0 aromatic heterocycles. The molecule has 0 aromatic rings. The highest BCUT2D eigenvalue weighted by atomic mass is 14.8. The predicted octanol–water partition coefficient (Wildman–Crippen LogP) is 3.67. The lowest BCUT2D eigenvalue weighted by molar-refractivity contribution is 0.118. The Labute approximate surface area is 110 Å². The number of rotatable bonds is 2. The summed E-state index contributed by atoms with van der Waals surface area (Å²) >= 11 is 0. The summed E-state index contributed by atoms with van der Waals surface area (Å²) in [5.41, 5.74) is 0. The second-order valence-electron chi connectivity index (χ2n) is 9.43. The van der Waals surface area contributed by atoms with Gasteiger partial charge in [0.2, 0.25) is 0 Å². The Morgan fingerprint density at radius 2 is 1.33 bits per heavy atom. The molecule has 7 saturated carbocycles. The van der Waals surface area contributed by atoms with Crippen LogP contribution in [0.4, 0.5) is 0 Å². The van der Waals surface area contributed by atoms with Crippen molar-refractivity contribution >= 4 is 0 Å². The second-order valence-corrected chi connectivity index (χ2v) is 9.43. The molecular formula is C18H24. The highest BCUT2D eigenvalue weighted by Gasteiger charge is 2.80. The van der Waals surface area contributed by atoms with Gasteiger partial charge in [-0.15, -0.1) is 0 Å². The molecule has 0 bridgehead atoms. The summed E-state index contributed by atoms with van der Waals surface area (Å²) in [4.78, 5) is 0. The molecule has 96 valence electrons. The zero-order valence-corrected chi connectivity index (χ0v) is 11.3. The lowest BCUT2D eigenvalue weighted by Gasteiger charge is -2.36. The van der Waals surface area contributed by atoms with Crippen LogP contribution in [0.15, 0.2) is 0 Å². The number of fused-ring (bicyclic) bond motifs is 7. The van der Waals surface area contributed by atoms with Crippen LogP contribution >= 0.6 is 0 Å². The second kappa shape index (κ2) is 2.35. The smallest absolute Gasteiger partial charge is 0.0318 e. The third-order valence-electron chi connectivity index (χ3n) is 9.53. The van der Waals surface area contributed by atoms with E-state index in [4.69, 9.17) is 0 Å². The van der Waals surface area contributed by atoms with Gasteiger partial charge in [0.1, 0.15) is 0 Å². The van der Waals surface area contributed by atoms with Crippen LogP contribution in [0.3, 0.4) is 0 Å². The zero-order chi connectivity index (χ0) is 11.3. The molecule has 0 radical (unpaired) electrons. The molecule has 0 nitrogen and oxygen atoms in total. The quantitative estimate of drug-likeness (QED) is 0.691. The van der Waals surface area contributed by atoms with E-state index in [1.807, 2.05) is 0 Å². The predicted molar refractivity (Wildman–Crippen MR) is 69.5 cm³/mol. The fraction of sp³-hybridized carbons (Fsp3) is 1.00. The topological polar surface area (TPSA) is 0 Å². The van der Waals surface area contributed by atoms with E-state index in [2.05, 4.69) is 6.92 Å². The minimum Gasteiger partial charge on any atom is -0.0619 e. The zero-order valence-electron chi connectivity index (χ0n) is 11.3. The molecule has 13 unspecified atom stereocenters. The molecule has 7 rings (SSSR count). The van der Waals surface area contributed by atoms with Gasteiger partial charge in [-0.1, -0.05) is 6.92 Å². The molecule has 0 aromatic carbocycles. The van der Waals surface area contributed by atoms with Gasteiger partial charge >= 0.3 is 0 Å². The molecule has 13 atom stereocenters. The van der Waals surface area contributed by atoms with Crippen LogP contribution in [-0.2, 0) is 0 Å². The van der Waals surface area contributed by atoms with Crippen molar-refractivity contribution in [2.45, 2.75) is 32.6 Å². The molecular weight excluding hydrogens is 216 g/mol. The van der Waals surface area contributed by atoms with Crippen LogP contribution in [-0.4, -0.2) is 0 Å². The van der Waals surface area contributed by atoms with E-state index in [9.17, 15) is 0 Å². The Morgan fingerprint density at radius 3 is 1.94 bits per heavy atom. The van der Waals surface area contributed by atoms with E-state index >= 15 is 0 Å². The first-order valence-electron chi connectivity index (χ1n) is 8.84. The summed E-state index contributed by atoms with van der Waals surface area (Å²) in [6.07, 6.45) is 6.68. The fourth-order valence-corrected chi connectivity index (χ4v) is 8.76. The van der Waals surface area contributed by atoms with Crippen molar-refractivity contribution in [2.24, 2.45) is 76.9 Å². The van der Waals surface area contributed by atoms with Crippen LogP contribution in [0.2, 0.25) is 0 Å². The highest BCUT2D eigenvalue weighted by molar-refractivity contribution is 5.28. The van der Waals surface area contributed by atoms with Crippen LogP contribution in [0.25, 0.3) is 0 Å². The van der Waals surface area contributed by atoms with Gasteiger partial charge in [0.25, 0.3) is 0 Å². The van der Waals surface area contributed by atoms with Crippen LogP contribution < -0.4 is 0 Å². The molecule has 0 spiro atoms. The van der Waals surface area contributed by atoms with Crippen molar-refractivity contribution in [1.82, 2.24) is 0 Å². The summed E-state index contributed by atoms with van der Waals surface area (Å²) in [6.45, 7) is 2.51. The Kier molecular flexibility index (Phi) is 1.18. The molecule has 0 amide bonds. The Bertz CT molecular complexity index is 463. The van der Waals surface area contributed by atoms with E-state index in [-0.39, 0.29) is 0 Å². The average Bonchev–Trinajstić information content (AvgIpc) is 3.12. The van der Waals surface area contributed by atoms with E-state index < -0.39 is 0 Å². The first-order chi connectivity index (χ1) is 8.84. The first-order valence-corrected chi connectivity index (χ1v) is 8.84. The van der Waals surface area contributed by atoms with Crippen LogP contribution in [0.1, 0.15) is 32.6 Å². The SMILES string of the molecule is CC1C2CC(CC3C4CC5C(C6CC7C5C67)C34)C12. The fourth-order valence-electron chi connectivity index (χ4n) is 8.76. The maximum atomic E-state index is 2.51. The lowest BCUT2D eigenvalue weighted by Crippen LogP contribution is -2.30. The minimum absolute atomic E-state index is 1.13. The summed E-state index contributed by atoms with van der Waals surface area (Å²) in [5, 5.41) is 0. The minimum atomic E-state index is 1.13. The van der Waals surface area contributed by atoms with Crippen molar-refractivity contribution in [3.63, 3.8) is 0 Å². The average molecular weight is 240 g/mol. The molecule has 0 saturated heterocycles. The van der Waals surface area contributed by atoms with Gasteiger partial charge < -0.3 is 0 Å². The van der Waals surface area contributed by atoms with E-state index in [1.165, 1.54) is 71.0 Å². The largest absolute Gasteiger partial charge is 0.0619 e. The van der Waals surface area contributed by atoms with Crippen molar-refractivity contribution in [3.8, 4) is 0 Å². The summed E-state index contributed by atoms with van der Waals surface area (Å²) in [5.74, 6) is 16.1. The van der Waals surface area contributed by atoms with Crippen LogP contribution in [0.5, 0.6) is 0 Å². The van der Waals surface area contributed by atoms with E-state index in [0.29, 0.717) is 0 Å². The number of hydrogen-bond donors (Lipinski definition) is 0. The molecule has 0 aliphatic heterocycles. The van der Waals surface area contributed by atoms with Gasteiger partial charge in [0.15, 0.2) is 0 Å². The standard InChI is InChI=1S/C18H24/c1-6-8-2-7(14(6)8)3-9-10-4-11-16(15(9)10)12-5-13-17(11)18(12)13/h6-18H,2-5H2,1H3. The Morgan fingerprint density at radius 1 is 0.667 bits per heavy atom. The van der Waals surface area contributed by atoms with Gasteiger partial charge in [-0.2, -0.15) is 0 Å². The van der Waals surface area contributed by atoms with Crippen molar-refractivity contribution < 1.29 is 0 Å². The lowest BCUT2D eigenvalue weighted by atomic mass is 9.68. The third-order valence-corrected chi connectivity index (χ3v) is 9.53. The van der Waals surface area contributed by atoms with Gasteiger partial charge in [-0.3, -0.25) is 0 Å². The molecule has 0 heterocycles. The Balaban J connectivity index is 1.11. The maximum Gasteiger partial charge on any atom is -0.0318 e. The molecule has 7 aliphatic rings. The van der Waals surface area contributed by atoms with Gasteiger partial charge in [-0.25, -0.2) is 0 Å². The molecule has 0 heteroatoms. The molecule has 18 heavy (non-hydrogen) atoms. The first kappa shape index (κ1) is 9.03. The van der Waals surface area contributed by atoms with Crippen molar-refractivity contribution in [3.05, 3.63) is 0 Å². The molecule has 7 aliphatic carbocycles. The maximum absolute atomic E-state index is 2.51. The van der Waals surface area contributed by atoms with Crippen LogP contribution in [0, 0.1) is 76.9 Å². The van der Waals surface area contributed by atoms with Gasteiger partial charge in [0, 0.05) is 0 Å². The highest BCUT2D eigenvalue weighted by Crippen LogP contribution is 2.85. The number of hydrogen-bond acceptors (Lipinski definition) is 0. The normalized spacial score (nSPS) is 82.8.